The number of hydrogen-bond acceptors (Lipinski definition) is 4. The van der Waals surface area contributed by atoms with Crippen molar-refractivity contribution in [1.82, 2.24) is 5.32 Å². The van der Waals surface area contributed by atoms with Crippen molar-refractivity contribution < 1.29 is 9.47 Å². The smallest absolute Gasteiger partial charge is 0.119 e. The van der Waals surface area contributed by atoms with Gasteiger partial charge in [-0.05, 0) is 31.2 Å². The van der Waals surface area contributed by atoms with Gasteiger partial charge in [0.1, 0.15) is 5.75 Å². The summed E-state index contributed by atoms with van der Waals surface area (Å²) in [4.78, 5) is 0. The molecule has 1 unspecified atom stereocenters. The maximum atomic E-state index is 5.61. The van der Waals surface area contributed by atoms with Gasteiger partial charge in [0.05, 0.1) is 25.1 Å². The van der Waals surface area contributed by atoms with Crippen molar-refractivity contribution in [2.45, 2.75) is 24.6 Å². The van der Waals surface area contributed by atoms with Crippen LogP contribution >= 0.6 is 11.8 Å². The highest BCUT2D eigenvalue weighted by atomic mass is 32.2. The van der Waals surface area contributed by atoms with Crippen molar-refractivity contribution in [1.29, 1.82) is 0 Å². The Balaban J connectivity index is 1.86. The van der Waals surface area contributed by atoms with Crippen molar-refractivity contribution in [2.75, 3.05) is 32.6 Å². The van der Waals surface area contributed by atoms with E-state index in [2.05, 4.69) is 36.5 Å². The third kappa shape index (κ3) is 4.41. The van der Waals surface area contributed by atoms with E-state index in [1.165, 1.54) is 5.56 Å². The lowest BCUT2D eigenvalue weighted by Crippen LogP contribution is -2.32. The number of thioether (sulfide) groups is 1. The molecular weight excluding hydrogens is 258 g/mol. The van der Waals surface area contributed by atoms with Gasteiger partial charge in [-0.25, -0.2) is 0 Å². The molecule has 0 spiro atoms. The molecule has 3 nitrogen and oxygen atoms in total. The summed E-state index contributed by atoms with van der Waals surface area (Å²) >= 11 is 1.99. The van der Waals surface area contributed by atoms with Gasteiger partial charge in [0, 0.05) is 11.8 Å². The number of ether oxygens (including phenoxy) is 2. The number of hydrogen-bond donors (Lipinski definition) is 1. The van der Waals surface area contributed by atoms with Crippen molar-refractivity contribution in [2.24, 2.45) is 0 Å². The molecule has 106 valence electrons. The first-order valence-electron chi connectivity index (χ1n) is 6.93. The fourth-order valence-corrected chi connectivity index (χ4v) is 3.11. The van der Waals surface area contributed by atoms with E-state index >= 15 is 0 Å². The zero-order valence-electron chi connectivity index (χ0n) is 11.7. The van der Waals surface area contributed by atoms with Crippen LogP contribution in [0.25, 0.3) is 0 Å². The quantitative estimate of drug-likeness (QED) is 0.794. The van der Waals surface area contributed by atoms with E-state index in [0.717, 1.165) is 37.7 Å². The van der Waals surface area contributed by atoms with Gasteiger partial charge in [-0.1, -0.05) is 19.1 Å². The van der Waals surface area contributed by atoms with Gasteiger partial charge in [0.2, 0.25) is 0 Å². The highest BCUT2D eigenvalue weighted by Crippen LogP contribution is 2.26. The lowest BCUT2D eigenvalue weighted by atomic mass is 10.1. The average Bonchev–Trinajstić information content (AvgIpc) is 2.40. The van der Waals surface area contributed by atoms with Gasteiger partial charge in [-0.2, -0.15) is 11.8 Å². The molecular formula is C15H23NO2S. The fraction of sp³-hybridized carbons (Fsp3) is 0.600. The molecule has 0 radical (unpaired) electrons. The van der Waals surface area contributed by atoms with Crippen molar-refractivity contribution in [3.63, 3.8) is 0 Å². The average molecular weight is 281 g/mol. The Kier molecular flexibility index (Phi) is 6.01. The van der Waals surface area contributed by atoms with Crippen LogP contribution in [0.15, 0.2) is 24.3 Å². The minimum atomic E-state index is 0.394. The molecule has 1 aromatic rings. The van der Waals surface area contributed by atoms with Crippen LogP contribution in [0.2, 0.25) is 0 Å². The lowest BCUT2D eigenvalue weighted by molar-refractivity contribution is 0.0455. The first kappa shape index (κ1) is 14.7. The van der Waals surface area contributed by atoms with Crippen LogP contribution < -0.4 is 10.1 Å². The van der Waals surface area contributed by atoms with Crippen LogP contribution in [0.1, 0.15) is 24.9 Å². The summed E-state index contributed by atoms with van der Waals surface area (Å²) in [7, 11) is 2.02. The van der Waals surface area contributed by atoms with Crippen molar-refractivity contribution in [3.05, 3.63) is 29.8 Å². The third-order valence-electron chi connectivity index (χ3n) is 3.21. The molecule has 19 heavy (non-hydrogen) atoms. The monoisotopic (exact) mass is 281 g/mol. The molecule has 1 N–H and O–H groups in total. The second-order valence-electron chi connectivity index (χ2n) is 4.75. The van der Waals surface area contributed by atoms with E-state index < -0.39 is 0 Å². The Labute approximate surface area is 120 Å². The lowest BCUT2D eigenvalue weighted by Gasteiger charge is -2.27. The zero-order chi connectivity index (χ0) is 13.5. The summed E-state index contributed by atoms with van der Waals surface area (Å²) in [6, 6.07) is 8.83. The Morgan fingerprint density at radius 1 is 1.37 bits per heavy atom. The molecule has 0 saturated carbocycles. The zero-order valence-corrected chi connectivity index (χ0v) is 12.5. The normalized spacial score (nSPS) is 16.9. The molecule has 0 amide bonds. The molecule has 1 heterocycles. The van der Waals surface area contributed by atoms with Crippen LogP contribution in [-0.2, 0) is 4.74 Å². The summed E-state index contributed by atoms with van der Waals surface area (Å²) in [5.41, 5.74) is 1.32. The summed E-state index contributed by atoms with van der Waals surface area (Å²) in [5, 5.41) is 4.07. The first-order chi connectivity index (χ1) is 9.33. The largest absolute Gasteiger partial charge is 0.494 e. The molecule has 2 rings (SSSR count). The van der Waals surface area contributed by atoms with Gasteiger partial charge < -0.3 is 14.8 Å². The van der Waals surface area contributed by atoms with Gasteiger partial charge in [-0.15, -0.1) is 0 Å². The maximum Gasteiger partial charge on any atom is 0.119 e. The summed E-state index contributed by atoms with van der Waals surface area (Å²) in [6.45, 7) is 4.72. The van der Waals surface area contributed by atoms with Crippen LogP contribution in [0.3, 0.4) is 0 Å². The molecule has 0 bridgehead atoms. The van der Waals surface area contributed by atoms with E-state index in [9.17, 15) is 0 Å². The minimum absolute atomic E-state index is 0.394. The maximum absolute atomic E-state index is 5.61. The molecule has 0 aromatic heterocycles. The van der Waals surface area contributed by atoms with Crippen LogP contribution in [-0.4, -0.2) is 37.9 Å². The Morgan fingerprint density at radius 2 is 2.11 bits per heavy atom. The van der Waals surface area contributed by atoms with E-state index in [4.69, 9.17) is 9.47 Å². The second-order valence-corrected chi connectivity index (χ2v) is 6.08. The standard InChI is InChI=1S/C15H23NO2S/c1-3-8-18-13-6-4-12(5-7-13)15(16-2)11-19-14-9-17-10-14/h4-7,14-16H,3,8-11H2,1-2H3. The van der Waals surface area contributed by atoms with E-state index in [1.807, 2.05) is 18.8 Å². The van der Waals surface area contributed by atoms with Crippen LogP contribution in [0.4, 0.5) is 0 Å². The minimum Gasteiger partial charge on any atom is -0.494 e. The highest BCUT2D eigenvalue weighted by Gasteiger charge is 2.20. The van der Waals surface area contributed by atoms with E-state index in [0.29, 0.717) is 11.3 Å². The Morgan fingerprint density at radius 3 is 2.63 bits per heavy atom. The predicted octanol–water partition coefficient (Wildman–Crippen LogP) is 2.87. The molecule has 1 aromatic carbocycles. The number of benzene rings is 1. The Bertz CT molecular complexity index is 365. The molecule has 0 aliphatic carbocycles. The van der Waals surface area contributed by atoms with Gasteiger partial charge in [-0.3, -0.25) is 0 Å². The molecule has 1 aliphatic heterocycles. The van der Waals surface area contributed by atoms with E-state index in [1.54, 1.807) is 0 Å². The number of nitrogens with one attached hydrogen (secondary N) is 1. The molecule has 4 heteroatoms. The van der Waals surface area contributed by atoms with Gasteiger partial charge in [0.15, 0.2) is 0 Å². The van der Waals surface area contributed by atoms with Crippen molar-refractivity contribution >= 4 is 11.8 Å². The topological polar surface area (TPSA) is 30.5 Å². The summed E-state index contributed by atoms with van der Waals surface area (Å²) in [6.07, 6.45) is 1.04. The molecule has 1 fully saturated rings. The van der Waals surface area contributed by atoms with Crippen molar-refractivity contribution in [3.8, 4) is 5.75 Å². The molecule has 1 atom stereocenters. The second kappa shape index (κ2) is 7.78. The fourth-order valence-electron chi connectivity index (χ4n) is 1.91. The third-order valence-corrected chi connectivity index (χ3v) is 4.48. The van der Waals surface area contributed by atoms with Crippen LogP contribution in [0, 0.1) is 0 Å². The van der Waals surface area contributed by atoms with Gasteiger partial charge in [0.25, 0.3) is 0 Å². The summed E-state index contributed by atoms with van der Waals surface area (Å²) in [5.74, 6) is 2.04. The summed E-state index contributed by atoms with van der Waals surface area (Å²) < 4.78 is 10.8. The SMILES string of the molecule is CCCOc1ccc(C(CSC2COC2)NC)cc1. The number of rotatable bonds is 8. The van der Waals surface area contributed by atoms with E-state index in [-0.39, 0.29) is 0 Å². The predicted molar refractivity (Wildman–Crippen MR) is 81.1 cm³/mol. The first-order valence-corrected chi connectivity index (χ1v) is 7.97. The van der Waals surface area contributed by atoms with Gasteiger partial charge >= 0.3 is 0 Å². The Hall–Kier alpha value is -0.710. The molecule has 1 saturated heterocycles. The molecule has 1 aliphatic rings. The van der Waals surface area contributed by atoms with Crippen LogP contribution in [0.5, 0.6) is 5.75 Å². The highest BCUT2D eigenvalue weighted by molar-refractivity contribution is 8.00.